The van der Waals surface area contributed by atoms with Gasteiger partial charge in [-0.15, -0.1) is 0 Å². The lowest BCUT2D eigenvalue weighted by molar-refractivity contribution is -0.206. The number of ether oxygens (including phenoxy) is 3. The van der Waals surface area contributed by atoms with Gasteiger partial charge in [0.2, 0.25) is 0 Å². The van der Waals surface area contributed by atoms with Crippen LogP contribution in [0.2, 0.25) is 0 Å². The van der Waals surface area contributed by atoms with Gasteiger partial charge in [-0.1, -0.05) is 89.5 Å². The average molecular weight is 613 g/mol. The summed E-state index contributed by atoms with van der Waals surface area (Å²) >= 11 is 0. The molecule has 0 amide bonds. The number of esters is 2. The number of benzene rings is 3. The van der Waals surface area contributed by atoms with Gasteiger partial charge in [-0.25, -0.2) is 9.59 Å². The van der Waals surface area contributed by atoms with Crippen molar-refractivity contribution in [3.05, 3.63) is 83.9 Å². The van der Waals surface area contributed by atoms with Crippen LogP contribution in [0.15, 0.2) is 72.8 Å². The van der Waals surface area contributed by atoms with Crippen LogP contribution in [0.25, 0.3) is 11.1 Å². The molecule has 0 aromatic heterocycles. The highest BCUT2D eigenvalue weighted by Gasteiger charge is 2.42. The first-order valence-corrected chi connectivity index (χ1v) is 15.6. The average Bonchev–Trinajstić information content (AvgIpc) is 3.02. The van der Waals surface area contributed by atoms with Gasteiger partial charge in [-0.3, -0.25) is 0 Å². The maximum absolute atomic E-state index is 13.3. The van der Waals surface area contributed by atoms with E-state index < -0.39 is 24.2 Å². The molecule has 0 saturated carbocycles. The fourth-order valence-corrected chi connectivity index (χ4v) is 4.68. The van der Waals surface area contributed by atoms with Gasteiger partial charge in [0, 0.05) is 0 Å². The summed E-state index contributed by atoms with van der Waals surface area (Å²) in [6, 6.07) is 20.0. The second-order valence-corrected chi connectivity index (χ2v) is 10.9. The van der Waals surface area contributed by atoms with Crippen LogP contribution in [0.1, 0.15) is 105 Å². The third-order valence-corrected chi connectivity index (χ3v) is 7.31. The molecular weight excluding hydrogens is 569 g/mol. The smallest absolute Gasteiger partial charge is 0.425 e. The normalized spacial score (nSPS) is 12.0. The first kappa shape index (κ1) is 34.7. The van der Waals surface area contributed by atoms with Gasteiger partial charge < -0.3 is 14.2 Å². The molecule has 44 heavy (non-hydrogen) atoms. The highest BCUT2D eigenvalue weighted by molar-refractivity contribution is 5.92. The Bertz CT molecular complexity index is 1270. The van der Waals surface area contributed by atoms with Crippen LogP contribution < -0.4 is 9.47 Å². The Hall–Kier alpha value is -3.81. The van der Waals surface area contributed by atoms with Gasteiger partial charge in [0.25, 0.3) is 0 Å². The number of hydrogen-bond donors (Lipinski definition) is 0. The summed E-state index contributed by atoms with van der Waals surface area (Å²) in [6.07, 6.45) is 3.26. The first-order chi connectivity index (χ1) is 21.2. The summed E-state index contributed by atoms with van der Waals surface area (Å²) in [6.45, 7) is 4.81. The SMILES string of the molecule is CCCCCCCCCOc1ccc(-c2ccc(C(=O)Oc3ccc(C(=O)OC(CCCCC)C(F)(F)F)cc3)cc2)cc1. The second-order valence-electron chi connectivity index (χ2n) is 10.9. The first-order valence-electron chi connectivity index (χ1n) is 15.6. The number of unbranched alkanes of at least 4 members (excludes halogenated alkanes) is 8. The van der Waals surface area contributed by atoms with Crippen LogP contribution >= 0.6 is 0 Å². The molecule has 1 atom stereocenters. The summed E-state index contributed by atoms with van der Waals surface area (Å²) in [5, 5.41) is 0. The Morgan fingerprint density at radius 3 is 1.68 bits per heavy atom. The maximum atomic E-state index is 13.3. The Morgan fingerprint density at radius 2 is 1.09 bits per heavy atom. The number of hydrogen-bond acceptors (Lipinski definition) is 5. The number of halogens is 3. The molecule has 0 aliphatic heterocycles. The van der Waals surface area contributed by atoms with Crippen LogP contribution in [0.5, 0.6) is 11.5 Å². The van der Waals surface area contributed by atoms with E-state index in [-0.39, 0.29) is 17.7 Å². The van der Waals surface area contributed by atoms with Crippen molar-refractivity contribution in [3.63, 3.8) is 0 Å². The van der Waals surface area contributed by atoms with Crippen LogP contribution in [-0.4, -0.2) is 30.8 Å². The van der Waals surface area contributed by atoms with Crippen molar-refractivity contribution < 1.29 is 37.0 Å². The predicted molar refractivity (Wildman–Crippen MR) is 166 cm³/mol. The minimum Gasteiger partial charge on any atom is -0.494 e. The lowest BCUT2D eigenvalue weighted by Crippen LogP contribution is -2.33. The molecule has 3 aromatic rings. The molecule has 0 bridgehead atoms. The van der Waals surface area contributed by atoms with Crippen LogP contribution in [0.3, 0.4) is 0 Å². The van der Waals surface area contributed by atoms with Crippen molar-refractivity contribution in [1.29, 1.82) is 0 Å². The van der Waals surface area contributed by atoms with Crippen LogP contribution in [0, 0.1) is 0 Å². The molecule has 0 heterocycles. The number of carbonyl (C=O) groups is 2. The molecule has 3 aromatic carbocycles. The van der Waals surface area contributed by atoms with Crippen molar-refractivity contribution in [2.75, 3.05) is 6.61 Å². The molecule has 0 aliphatic carbocycles. The zero-order chi connectivity index (χ0) is 31.8. The fraction of sp³-hybridized carbons (Fsp3) is 0.444. The largest absolute Gasteiger partial charge is 0.494 e. The molecule has 238 valence electrons. The van der Waals surface area contributed by atoms with Gasteiger partial charge in [0.1, 0.15) is 11.5 Å². The maximum Gasteiger partial charge on any atom is 0.425 e. The Balaban J connectivity index is 1.47. The van der Waals surface area contributed by atoms with Gasteiger partial charge in [-0.2, -0.15) is 13.2 Å². The van der Waals surface area contributed by atoms with Gasteiger partial charge in [0.15, 0.2) is 6.10 Å². The Kier molecular flexibility index (Phi) is 14.3. The third kappa shape index (κ3) is 11.7. The monoisotopic (exact) mass is 612 g/mol. The van der Waals surface area contributed by atoms with E-state index in [4.69, 9.17) is 14.2 Å². The quantitative estimate of drug-likeness (QED) is 0.0813. The summed E-state index contributed by atoms with van der Waals surface area (Å²) < 4.78 is 55.9. The minimum absolute atomic E-state index is 0.0619. The molecule has 0 aliphatic rings. The van der Waals surface area contributed by atoms with Gasteiger partial charge in [0.05, 0.1) is 17.7 Å². The second kappa shape index (κ2) is 18.1. The van der Waals surface area contributed by atoms with Crippen molar-refractivity contribution in [2.24, 2.45) is 0 Å². The van der Waals surface area contributed by atoms with Crippen molar-refractivity contribution in [2.45, 2.75) is 96.8 Å². The van der Waals surface area contributed by atoms with E-state index in [2.05, 4.69) is 6.92 Å². The molecule has 5 nitrogen and oxygen atoms in total. The topological polar surface area (TPSA) is 61.8 Å². The molecule has 0 N–H and O–H groups in total. The minimum atomic E-state index is -4.64. The molecule has 0 fully saturated rings. The molecular formula is C36H43F3O5. The van der Waals surface area contributed by atoms with E-state index in [9.17, 15) is 22.8 Å². The van der Waals surface area contributed by atoms with Crippen LogP contribution in [0.4, 0.5) is 13.2 Å². The standard InChI is InChI=1S/C36H43F3O5/c1-3-5-7-8-9-10-12-26-42-31-22-18-28(19-23-31)27-14-16-29(17-15-27)34(40)43-32-24-20-30(21-25-32)35(41)44-33(36(37,38)39)13-11-6-4-2/h14-25,33H,3-13,26H2,1-2H3. The third-order valence-electron chi connectivity index (χ3n) is 7.31. The van der Waals surface area contributed by atoms with E-state index in [1.165, 1.54) is 62.8 Å². The summed E-state index contributed by atoms with van der Waals surface area (Å²) in [4.78, 5) is 25.0. The molecule has 0 saturated heterocycles. The fourth-order valence-electron chi connectivity index (χ4n) is 4.68. The molecule has 1 unspecified atom stereocenters. The van der Waals surface area contributed by atoms with E-state index in [0.29, 0.717) is 25.0 Å². The van der Waals surface area contributed by atoms with E-state index >= 15 is 0 Å². The van der Waals surface area contributed by atoms with E-state index in [1.807, 2.05) is 43.3 Å². The van der Waals surface area contributed by atoms with Gasteiger partial charge in [-0.05, 0) is 78.9 Å². The number of rotatable bonds is 18. The summed E-state index contributed by atoms with van der Waals surface area (Å²) in [5.41, 5.74) is 2.17. The predicted octanol–water partition coefficient (Wildman–Crippen LogP) is 10.4. The summed E-state index contributed by atoms with van der Waals surface area (Å²) in [7, 11) is 0. The van der Waals surface area contributed by atoms with Gasteiger partial charge >= 0.3 is 18.1 Å². The van der Waals surface area contributed by atoms with E-state index in [1.54, 1.807) is 12.1 Å². The lowest BCUT2D eigenvalue weighted by atomic mass is 10.0. The zero-order valence-corrected chi connectivity index (χ0v) is 25.7. The van der Waals surface area contributed by atoms with Crippen LogP contribution in [-0.2, 0) is 4.74 Å². The number of carbonyl (C=O) groups excluding carboxylic acids is 2. The van der Waals surface area contributed by atoms with Crippen molar-refractivity contribution >= 4 is 11.9 Å². The zero-order valence-electron chi connectivity index (χ0n) is 25.7. The lowest BCUT2D eigenvalue weighted by Gasteiger charge is -2.20. The molecule has 3 rings (SSSR count). The number of alkyl halides is 3. The Labute approximate surface area is 258 Å². The summed E-state index contributed by atoms with van der Waals surface area (Å²) in [5.74, 6) is -0.705. The highest BCUT2D eigenvalue weighted by atomic mass is 19.4. The Morgan fingerprint density at radius 1 is 0.614 bits per heavy atom. The van der Waals surface area contributed by atoms with Crippen molar-refractivity contribution in [1.82, 2.24) is 0 Å². The highest BCUT2D eigenvalue weighted by Crippen LogP contribution is 2.28. The molecule has 0 spiro atoms. The van der Waals surface area contributed by atoms with E-state index in [0.717, 1.165) is 29.7 Å². The molecule has 0 radical (unpaired) electrons. The van der Waals surface area contributed by atoms with Crippen molar-refractivity contribution in [3.8, 4) is 22.6 Å². The molecule has 8 heteroatoms.